The van der Waals surface area contributed by atoms with Crippen molar-refractivity contribution in [1.82, 2.24) is 4.90 Å². The van der Waals surface area contributed by atoms with Crippen LogP contribution in [0.3, 0.4) is 0 Å². The predicted molar refractivity (Wildman–Crippen MR) is 54.2 cm³/mol. The molecule has 0 radical (unpaired) electrons. The first kappa shape index (κ1) is 10.1. The first-order valence-electron chi connectivity index (χ1n) is 5.45. The summed E-state index contributed by atoms with van der Waals surface area (Å²) >= 11 is 0. The lowest BCUT2D eigenvalue weighted by atomic mass is 10.0. The second kappa shape index (κ2) is 3.63. The molecule has 0 amide bonds. The minimum Gasteiger partial charge on any atom is -0.378 e. The largest absolute Gasteiger partial charge is 0.378 e. The fraction of sp³-hybridized carbons (Fsp3) is 0.909. The molecule has 0 aromatic heterocycles. The highest BCUT2D eigenvalue weighted by atomic mass is 16.5. The van der Waals surface area contributed by atoms with Crippen molar-refractivity contribution < 1.29 is 9.53 Å². The molecule has 3 heteroatoms. The van der Waals surface area contributed by atoms with Crippen LogP contribution in [0, 0.1) is 5.92 Å². The van der Waals surface area contributed by atoms with Gasteiger partial charge in [-0.05, 0) is 26.7 Å². The van der Waals surface area contributed by atoms with E-state index < -0.39 is 0 Å². The summed E-state index contributed by atoms with van der Waals surface area (Å²) in [6.45, 7) is 7.32. The summed E-state index contributed by atoms with van der Waals surface area (Å²) in [5.41, 5.74) is 0.0306. The third-order valence-electron chi connectivity index (χ3n) is 3.20. The molecule has 3 nitrogen and oxygen atoms in total. The molecule has 2 rings (SSSR count). The van der Waals surface area contributed by atoms with Crippen LogP contribution in [0.2, 0.25) is 0 Å². The van der Waals surface area contributed by atoms with Crippen molar-refractivity contribution in [3.05, 3.63) is 0 Å². The molecule has 0 atom stereocenters. The lowest BCUT2D eigenvalue weighted by Gasteiger charge is -2.41. The standard InChI is InChI=1S/C11H19NO2/c1-11(2)8-14-6-5-12(11)7-10(13)9-3-4-9/h9H,3-8H2,1-2H3. The molecule has 1 saturated carbocycles. The van der Waals surface area contributed by atoms with Gasteiger partial charge in [-0.25, -0.2) is 0 Å². The topological polar surface area (TPSA) is 29.5 Å². The fourth-order valence-corrected chi connectivity index (χ4v) is 1.91. The Morgan fingerprint density at radius 2 is 2.21 bits per heavy atom. The molecule has 0 bridgehead atoms. The zero-order valence-corrected chi connectivity index (χ0v) is 9.08. The van der Waals surface area contributed by atoms with Crippen molar-refractivity contribution in [3.63, 3.8) is 0 Å². The SMILES string of the molecule is CC1(C)COCCN1CC(=O)C1CC1. The van der Waals surface area contributed by atoms with Gasteiger partial charge in [-0.2, -0.15) is 0 Å². The minimum absolute atomic E-state index is 0.0306. The molecule has 1 aliphatic carbocycles. The normalized spacial score (nSPS) is 27.6. The number of ether oxygens (including phenoxy) is 1. The number of morpholine rings is 1. The van der Waals surface area contributed by atoms with Gasteiger partial charge in [0.15, 0.2) is 0 Å². The van der Waals surface area contributed by atoms with E-state index in [2.05, 4.69) is 18.7 Å². The zero-order chi connectivity index (χ0) is 10.2. The summed E-state index contributed by atoms with van der Waals surface area (Å²) in [5.74, 6) is 0.814. The van der Waals surface area contributed by atoms with Gasteiger partial charge in [-0.15, -0.1) is 0 Å². The third kappa shape index (κ3) is 2.15. The molecule has 0 N–H and O–H groups in total. The van der Waals surface area contributed by atoms with E-state index >= 15 is 0 Å². The predicted octanol–water partition coefficient (Wildman–Crippen LogP) is 1.08. The number of nitrogens with zero attached hydrogens (tertiary/aromatic N) is 1. The summed E-state index contributed by atoms with van der Waals surface area (Å²) in [6, 6.07) is 0. The van der Waals surface area contributed by atoms with Crippen LogP contribution in [0.5, 0.6) is 0 Å². The molecule has 0 spiro atoms. The van der Waals surface area contributed by atoms with Crippen LogP contribution in [0.1, 0.15) is 26.7 Å². The van der Waals surface area contributed by atoms with Gasteiger partial charge >= 0.3 is 0 Å². The quantitative estimate of drug-likeness (QED) is 0.678. The highest BCUT2D eigenvalue weighted by Gasteiger charge is 2.36. The van der Waals surface area contributed by atoms with E-state index in [0.29, 0.717) is 18.2 Å². The van der Waals surface area contributed by atoms with E-state index in [-0.39, 0.29) is 5.54 Å². The molecule has 1 aliphatic heterocycles. The second-order valence-corrected chi connectivity index (χ2v) is 5.03. The summed E-state index contributed by atoms with van der Waals surface area (Å²) in [5, 5.41) is 0. The van der Waals surface area contributed by atoms with Gasteiger partial charge in [0.25, 0.3) is 0 Å². The molecular formula is C11H19NO2. The highest BCUT2D eigenvalue weighted by molar-refractivity contribution is 5.85. The number of Topliss-reactive ketones (excluding diaryl/α,β-unsaturated/α-hetero) is 1. The summed E-state index contributed by atoms with van der Waals surface area (Å²) in [4.78, 5) is 13.9. The van der Waals surface area contributed by atoms with Crippen molar-refractivity contribution in [2.24, 2.45) is 5.92 Å². The van der Waals surface area contributed by atoms with Crippen LogP contribution in [-0.4, -0.2) is 42.5 Å². The Labute approximate surface area is 85.4 Å². The van der Waals surface area contributed by atoms with E-state index in [0.717, 1.165) is 32.6 Å². The fourth-order valence-electron chi connectivity index (χ4n) is 1.91. The number of hydrogen-bond donors (Lipinski definition) is 0. The van der Waals surface area contributed by atoms with Crippen molar-refractivity contribution in [1.29, 1.82) is 0 Å². The van der Waals surface area contributed by atoms with E-state index in [1.165, 1.54) is 0 Å². The van der Waals surface area contributed by atoms with Crippen molar-refractivity contribution in [3.8, 4) is 0 Å². The van der Waals surface area contributed by atoms with Crippen LogP contribution in [0.4, 0.5) is 0 Å². The number of rotatable bonds is 3. The Morgan fingerprint density at radius 1 is 1.50 bits per heavy atom. The molecule has 0 aromatic carbocycles. The average molecular weight is 197 g/mol. The molecule has 14 heavy (non-hydrogen) atoms. The second-order valence-electron chi connectivity index (χ2n) is 5.03. The molecule has 0 unspecified atom stereocenters. The van der Waals surface area contributed by atoms with Gasteiger partial charge in [0.2, 0.25) is 0 Å². The van der Waals surface area contributed by atoms with E-state index in [1.54, 1.807) is 0 Å². The van der Waals surface area contributed by atoms with Gasteiger partial charge < -0.3 is 4.74 Å². The lowest BCUT2D eigenvalue weighted by Crippen LogP contribution is -2.54. The first-order chi connectivity index (χ1) is 6.59. The Hall–Kier alpha value is -0.410. The monoisotopic (exact) mass is 197 g/mol. The van der Waals surface area contributed by atoms with E-state index in [9.17, 15) is 4.79 Å². The van der Waals surface area contributed by atoms with E-state index in [4.69, 9.17) is 4.74 Å². The molecule has 1 saturated heterocycles. The van der Waals surface area contributed by atoms with Crippen LogP contribution >= 0.6 is 0 Å². The highest BCUT2D eigenvalue weighted by Crippen LogP contribution is 2.31. The Kier molecular flexibility index (Phi) is 2.62. The van der Waals surface area contributed by atoms with Gasteiger partial charge in [0, 0.05) is 18.0 Å². The van der Waals surface area contributed by atoms with Gasteiger partial charge in [0.05, 0.1) is 19.8 Å². The van der Waals surface area contributed by atoms with Crippen molar-refractivity contribution >= 4 is 5.78 Å². The summed E-state index contributed by atoms with van der Waals surface area (Å²) in [6.07, 6.45) is 2.23. The van der Waals surface area contributed by atoms with Crippen LogP contribution in [0.15, 0.2) is 0 Å². The van der Waals surface area contributed by atoms with Gasteiger partial charge in [-0.1, -0.05) is 0 Å². The summed E-state index contributed by atoms with van der Waals surface area (Å²) < 4.78 is 5.42. The molecule has 2 fully saturated rings. The molecule has 1 heterocycles. The Morgan fingerprint density at radius 3 is 2.79 bits per heavy atom. The van der Waals surface area contributed by atoms with Crippen LogP contribution in [0.25, 0.3) is 0 Å². The maximum atomic E-state index is 11.7. The third-order valence-corrected chi connectivity index (χ3v) is 3.20. The number of hydrogen-bond acceptors (Lipinski definition) is 3. The minimum atomic E-state index is 0.0306. The lowest BCUT2D eigenvalue weighted by molar-refractivity contribution is -0.126. The molecule has 80 valence electrons. The number of carbonyl (C=O) groups is 1. The molecule has 2 aliphatic rings. The van der Waals surface area contributed by atoms with Crippen LogP contribution < -0.4 is 0 Å². The van der Waals surface area contributed by atoms with Gasteiger partial charge in [-0.3, -0.25) is 9.69 Å². The number of carbonyl (C=O) groups excluding carboxylic acids is 1. The average Bonchev–Trinajstić information content (AvgIpc) is 2.91. The maximum Gasteiger partial charge on any atom is 0.149 e. The zero-order valence-electron chi connectivity index (χ0n) is 9.08. The molecule has 0 aromatic rings. The maximum absolute atomic E-state index is 11.7. The Bertz CT molecular complexity index is 233. The Balaban J connectivity index is 1.90. The van der Waals surface area contributed by atoms with Crippen LogP contribution in [-0.2, 0) is 9.53 Å². The summed E-state index contributed by atoms with van der Waals surface area (Å²) in [7, 11) is 0. The number of ketones is 1. The van der Waals surface area contributed by atoms with Crippen molar-refractivity contribution in [2.45, 2.75) is 32.2 Å². The van der Waals surface area contributed by atoms with Gasteiger partial charge in [0.1, 0.15) is 5.78 Å². The first-order valence-corrected chi connectivity index (χ1v) is 5.45. The molecular weight excluding hydrogens is 178 g/mol. The van der Waals surface area contributed by atoms with Crippen molar-refractivity contribution in [2.75, 3.05) is 26.3 Å². The van der Waals surface area contributed by atoms with E-state index in [1.807, 2.05) is 0 Å². The smallest absolute Gasteiger partial charge is 0.149 e.